The molecule has 7 nitrogen and oxygen atoms in total. The molecule has 28 heavy (non-hydrogen) atoms. The molecule has 1 amide bonds. The zero-order chi connectivity index (χ0) is 18.9. The second-order valence-corrected chi connectivity index (χ2v) is 7.17. The maximum atomic E-state index is 11.9. The minimum Gasteiger partial charge on any atom is -0.356 e. The Morgan fingerprint density at radius 2 is 1.93 bits per heavy atom. The van der Waals surface area contributed by atoms with Crippen LogP contribution in [0.2, 0.25) is 0 Å². The van der Waals surface area contributed by atoms with Gasteiger partial charge < -0.3 is 20.4 Å². The predicted octanol–water partition coefficient (Wildman–Crippen LogP) is 2.28. The zero-order valence-electron chi connectivity index (χ0n) is 16.0. The van der Waals surface area contributed by atoms with Crippen LogP contribution in [0.3, 0.4) is 0 Å². The zero-order valence-corrected chi connectivity index (χ0v) is 19.2. The summed E-state index contributed by atoms with van der Waals surface area (Å²) in [7, 11) is 1.81. The smallest absolute Gasteiger partial charge is 0.261 e. The molecule has 0 bridgehead atoms. The van der Waals surface area contributed by atoms with Gasteiger partial charge in [-0.1, -0.05) is 12.1 Å². The van der Waals surface area contributed by atoms with Gasteiger partial charge in [0.2, 0.25) is 0 Å². The number of carbonyl (C=O) groups is 1. The fraction of sp³-hybridized carbons (Fsp3) is 0.421. The number of carbonyl (C=O) groups excluding carboxylic acids is 1. The van der Waals surface area contributed by atoms with Crippen LogP contribution in [0.1, 0.15) is 16.1 Å². The highest BCUT2D eigenvalue weighted by molar-refractivity contribution is 14.0. The van der Waals surface area contributed by atoms with E-state index in [1.807, 2.05) is 49.0 Å². The van der Waals surface area contributed by atoms with Gasteiger partial charge in [-0.3, -0.25) is 9.79 Å². The summed E-state index contributed by atoms with van der Waals surface area (Å²) in [5.41, 5.74) is 0. The highest BCUT2D eigenvalue weighted by atomic mass is 127. The molecule has 3 rings (SSSR count). The molecule has 1 fully saturated rings. The molecule has 1 saturated heterocycles. The van der Waals surface area contributed by atoms with E-state index < -0.39 is 0 Å². The first-order valence-electron chi connectivity index (χ1n) is 9.21. The van der Waals surface area contributed by atoms with E-state index in [1.165, 1.54) is 11.3 Å². The third-order valence-corrected chi connectivity index (χ3v) is 5.30. The highest BCUT2D eigenvalue weighted by Gasteiger charge is 2.20. The van der Waals surface area contributed by atoms with Gasteiger partial charge in [-0.05, 0) is 30.0 Å². The fourth-order valence-electron chi connectivity index (χ4n) is 3.01. The quantitative estimate of drug-likeness (QED) is 0.268. The lowest BCUT2D eigenvalue weighted by atomic mass is 10.3. The number of guanidine groups is 1. The summed E-state index contributed by atoms with van der Waals surface area (Å²) in [6.45, 7) is 5.09. The molecule has 0 atom stereocenters. The molecule has 1 aliphatic heterocycles. The monoisotopic (exact) mass is 514 g/mol. The van der Waals surface area contributed by atoms with E-state index in [4.69, 9.17) is 0 Å². The standard InChI is InChI=1S/C19H26N6OS.HI/c1-20-19(23-10-5-9-22-18(26)16-6-4-15-27-16)25-13-11-24(12-14-25)17-7-2-3-8-21-17;/h2-4,6-8,15H,5,9-14H2,1H3,(H,20,23)(H,22,26);1H. The van der Waals surface area contributed by atoms with Gasteiger partial charge in [0, 0.05) is 52.5 Å². The average molecular weight is 514 g/mol. The topological polar surface area (TPSA) is 72.9 Å². The Morgan fingerprint density at radius 3 is 2.57 bits per heavy atom. The lowest BCUT2D eigenvalue weighted by Crippen LogP contribution is -2.53. The third-order valence-electron chi connectivity index (χ3n) is 4.43. The summed E-state index contributed by atoms with van der Waals surface area (Å²) < 4.78 is 0. The Labute approximate surface area is 187 Å². The molecule has 0 radical (unpaired) electrons. The van der Waals surface area contributed by atoms with E-state index in [9.17, 15) is 4.79 Å². The molecule has 2 aromatic rings. The number of anilines is 1. The number of nitrogens with one attached hydrogen (secondary N) is 2. The van der Waals surface area contributed by atoms with Gasteiger partial charge in [0.05, 0.1) is 4.88 Å². The Balaban J connectivity index is 0.00000280. The molecule has 2 aromatic heterocycles. The van der Waals surface area contributed by atoms with Crippen molar-refractivity contribution in [2.24, 2.45) is 4.99 Å². The van der Waals surface area contributed by atoms with Gasteiger partial charge in [-0.25, -0.2) is 4.98 Å². The van der Waals surface area contributed by atoms with Gasteiger partial charge >= 0.3 is 0 Å². The molecular formula is C19H27IN6OS. The van der Waals surface area contributed by atoms with Crippen LogP contribution in [0.4, 0.5) is 5.82 Å². The number of hydrogen-bond acceptors (Lipinski definition) is 5. The van der Waals surface area contributed by atoms with Crippen molar-refractivity contribution in [1.82, 2.24) is 20.5 Å². The van der Waals surface area contributed by atoms with Crippen LogP contribution >= 0.6 is 35.3 Å². The molecule has 1 aliphatic rings. The van der Waals surface area contributed by atoms with Crippen molar-refractivity contribution in [1.29, 1.82) is 0 Å². The lowest BCUT2D eigenvalue weighted by molar-refractivity contribution is 0.0957. The number of pyridine rings is 1. The molecule has 3 heterocycles. The number of amides is 1. The minimum absolute atomic E-state index is 0. The van der Waals surface area contributed by atoms with Crippen LogP contribution in [0, 0.1) is 0 Å². The minimum atomic E-state index is 0. The molecular weight excluding hydrogens is 487 g/mol. The number of thiophene rings is 1. The van der Waals surface area contributed by atoms with E-state index in [1.54, 1.807) is 0 Å². The number of hydrogen-bond donors (Lipinski definition) is 2. The van der Waals surface area contributed by atoms with Gasteiger partial charge in [0.1, 0.15) is 5.82 Å². The summed E-state index contributed by atoms with van der Waals surface area (Å²) in [4.78, 5) is 26.0. The van der Waals surface area contributed by atoms with E-state index in [2.05, 4.69) is 30.4 Å². The van der Waals surface area contributed by atoms with Crippen LogP contribution in [0.25, 0.3) is 0 Å². The van der Waals surface area contributed by atoms with Crippen molar-refractivity contribution in [2.45, 2.75) is 6.42 Å². The molecule has 0 spiro atoms. The molecule has 9 heteroatoms. The number of aliphatic imine (C=N–C) groups is 1. The first-order chi connectivity index (χ1) is 13.3. The summed E-state index contributed by atoms with van der Waals surface area (Å²) in [5.74, 6) is 1.95. The Hall–Kier alpha value is -1.88. The summed E-state index contributed by atoms with van der Waals surface area (Å²) >= 11 is 1.46. The van der Waals surface area contributed by atoms with Crippen LogP contribution < -0.4 is 15.5 Å². The molecule has 0 aliphatic carbocycles. The Kier molecular flexibility index (Phi) is 9.48. The Bertz CT molecular complexity index is 732. The summed E-state index contributed by atoms with van der Waals surface area (Å²) in [6.07, 6.45) is 2.68. The maximum absolute atomic E-state index is 11.9. The number of nitrogens with zero attached hydrogens (tertiary/aromatic N) is 4. The van der Waals surface area contributed by atoms with Crippen molar-refractivity contribution >= 4 is 53.0 Å². The average Bonchev–Trinajstić information content (AvgIpc) is 3.26. The van der Waals surface area contributed by atoms with Gasteiger partial charge in [-0.15, -0.1) is 35.3 Å². The largest absolute Gasteiger partial charge is 0.356 e. The molecule has 0 saturated carbocycles. The van der Waals surface area contributed by atoms with E-state index >= 15 is 0 Å². The molecule has 0 unspecified atom stereocenters. The van der Waals surface area contributed by atoms with Crippen molar-refractivity contribution in [3.8, 4) is 0 Å². The van der Waals surface area contributed by atoms with Crippen LogP contribution in [-0.2, 0) is 0 Å². The van der Waals surface area contributed by atoms with Crippen LogP contribution in [-0.4, -0.2) is 68.1 Å². The van der Waals surface area contributed by atoms with Crippen molar-refractivity contribution < 1.29 is 4.79 Å². The van der Waals surface area contributed by atoms with Crippen molar-refractivity contribution in [3.63, 3.8) is 0 Å². The third kappa shape index (κ3) is 6.33. The molecule has 2 N–H and O–H groups in total. The van der Waals surface area contributed by atoms with E-state index in [-0.39, 0.29) is 29.9 Å². The van der Waals surface area contributed by atoms with Gasteiger partial charge in [-0.2, -0.15) is 0 Å². The second kappa shape index (κ2) is 11.8. The van der Waals surface area contributed by atoms with Crippen molar-refractivity contribution in [3.05, 3.63) is 46.8 Å². The number of halogens is 1. The van der Waals surface area contributed by atoms with Gasteiger partial charge in [0.25, 0.3) is 5.91 Å². The van der Waals surface area contributed by atoms with Crippen molar-refractivity contribution in [2.75, 3.05) is 51.2 Å². The van der Waals surface area contributed by atoms with Gasteiger partial charge in [0.15, 0.2) is 5.96 Å². The fourth-order valence-corrected chi connectivity index (χ4v) is 3.65. The Morgan fingerprint density at radius 1 is 1.14 bits per heavy atom. The molecule has 0 aromatic carbocycles. The van der Waals surface area contributed by atoms with E-state index in [0.29, 0.717) is 6.54 Å². The first-order valence-corrected chi connectivity index (χ1v) is 10.1. The highest BCUT2D eigenvalue weighted by Crippen LogP contribution is 2.12. The lowest BCUT2D eigenvalue weighted by Gasteiger charge is -2.37. The summed E-state index contributed by atoms with van der Waals surface area (Å²) in [5, 5.41) is 8.25. The predicted molar refractivity (Wildman–Crippen MR) is 126 cm³/mol. The number of rotatable bonds is 6. The second-order valence-electron chi connectivity index (χ2n) is 6.22. The SMILES string of the molecule is CN=C(NCCCNC(=O)c1cccs1)N1CCN(c2ccccn2)CC1.I. The van der Waals surface area contributed by atoms with Crippen LogP contribution in [0.5, 0.6) is 0 Å². The number of piperazine rings is 1. The van der Waals surface area contributed by atoms with Crippen LogP contribution in [0.15, 0.2) is 46.9 Å². The maximum Gasteiger partial charge on any atom is 0.261 e. The normalized spacial score (nSPS) is 14.4. The summed E-state index contributed by atoms with van der Waals surface area (Å²) in [6, 6.07) is 9.73. The molecule has 152 valence electrons. The first kappa shape index (κ1) is 22.4. The number of aromatic nitrogens is 1. The van der Waals surface area contributed by atoms with E-state index in [0.717, 1.165) is 55.8 Å².